The second-order valence-corrected chi connectivity index (χ2v) is 3.53. The minimum Gasteiger partial charge on any atom is -0.324 e. The number of benzene rings is 1. The predicted octanol–water partition coefficient (Wildman–Crippen LogP) is 2.03. The molecule has 0 saturated carbocycles. The number of rotatable bonds is 2. The Labute approximate surface area is 91.9 Å². The van der Waals surface area contributed by atoms with Gasteiger partial charge in [0.2, 0.25) is 0 Å². The summed E-state index contributed by atoms with van der Waals surface area (Å²) < 4.78 is 0. The molecule has 2 aromatic rings. The van der Waals surface area contributed by atoms with Gasteiger partial charge in [-0.3, -0.25) is 9.78 Å². The van der Waals surface area contributed by atoms with Gasteiger partial charge < -0.3 is 5.73 Å². The summed E-state index contributed by atoms with van der Waals surface area (Å²) in [6, 6.07) is 6.96. The van der Waals surface area contributed by atoms with E-state index < -0.39 is 0 Å². The van der Waals surface area contributed by atoms with Crippen molar-refractivity contribution >= 4 is 28.3 Å². The zero-order valence-corrected chi connectivity index (χ0v) is 8.66. The van der Waals surface area contributed by atoms with Gasteiger partial charge in [-0.15, -0.1) is 0 Å². The first-order chi connectivity index (χ1) is 7.24. The van der Waals surface area contributed by atoms with Gasteiger partial charge in [0, 0.05) is 17.1 Å². The quantitative estimate of drug-likeness (QED) is 0.788. The second kappa shape index (κ2) is 3.96. The average molecular weight is 221 g/mol. The van der Waals surface area contributed by atoms with Crippen molar-refractivity contribution in [1.82, 2.24) is 4.98 Å². The van der Waals surface area contributed by atoms with Gasteiger partial charge in [-0.1, -0.05) is 11.6 Å². The molecule has 0 aliphatic rings. The molecule has 0 spiro atoms. The first-order valence-electron chi connectivity index (χ1n) is 4.50. The van der Waals surface area contributed by atoms with Gasteiger partial charge in [-0.05, 0) is 24.3 Å². The van der Waals surface area contributed by atoms with Crippen molar-refractivity contribution in [3.05, 3.63) is 41.0 Å². The van der Waals surface area contributed by atoms with Crippen molar-refractivity contribution in [2.24, 2.45) is 5.73 Å². The molecule has 2 rings (SSSR count). The zero-order valence-electron chi connectivity index (χ0n) is 7.90. The predicted molar refractivity (Wildman–Crippen MR) is 60.1 cm³/mol. The highest BCUT2D eigenvalue weighted by Crippen LogP contribution is 2.24. The molecule has 0 saturated heterocycles. The molecular formula is C11H9ClN2O. The van der Waals surface area contributed by atoms with E-state index in [0.717, 1.165) is 5.39 Å². The molecule has 0 aliphatic heterocycles. The highest BCUT2D eigenvalue weighted by Gasteiger charge is 2.10. The molecule has 1 heterocycles. The van der Waals surface area contributed by atoms with Crippen molar-refractivity contribution in [3.63, 3.8) is 0 Å². The molecule has 0 amide bonds. The maximum absolute atomic E-state index is 11.5. The number of nitrogens with two attached hydrogens (primary N) is 1. The highest BCUT2D eigenvalue weighted by molar-refractivity contribution is 6.36. The smallest absolute Gasteiger partial charge is 0.178 e. The molecule has 4 heteroatoms. The Hall–Kier alpha value is -1.45. The molecule has 0 fully saturated rings. The van der Waals surface area contributed by atoms with Crippen LogP contribution >= 0.6 is 11.6 Å². The Kier molecular flexibility index (Phi) is 2.66. The first kappa shape index (κ1) is 10.1. The van der Waals surface area contributed by atoms with Crippen LogP contribution < -0.4 is 5.73 Å². The molecule has 0 bridgehead atoms. The minimum atomic E-state index is -0.129. The number of Topliss-reactive ketones (excluding diaryl/α,β-unsaturated/α-hetero) is 1. The van der Waals surface area contributed by atoms with Gasteiger partial charge in [0.15, 0.2) is 5.78 Å². The Bertz CT molecular complexity index is 525. The standard InChI is InChI=1S/C11H9ClN2O/c12-9-4-3-8(10(15)6-13)11-7(9)2-1-5-14-11/h1-5H,6,13H2. The number of carbonyl (C=O) groups excluding carboxylic acids is 1. The molecule has 15 heavy (non-hydrogen) atoms. The Morgan fingerprint density at radius 2 is 2.20 bits per heavy atom. The molecule has 0 radical (unpaired) electrons. The third-order valence-corrected chi connectivity index (χ3v) is 2.53. The monoisotopic (exact) mass is 220 g/mol. The number of ketones is 1. The van der Waals surface area contributed by atoms with E-state index in [0.29, 0.717) is 16.1 Å². The summed E-state index contributed by atoms with van der Waals surface area (Å²) in [6.45, 7) is -0.0205. The topological polar surface area (TPSA) is 56.0 Å². The number of nitrogens with zero attached hydrogens (tertiary/aromatic N) is 1. The lowest BCUT2D eigenvalue weighted by Crippen LogP contribution is -2.14. The third-order valence-electron chi connectivity index (χ3n) is 2.20. The summed E-state index contributed by atoms with van der Waals surface area (Å²) in [5.74, 6) is -0.129. The van der Waals surface area contributed by atoms with E-state index in [9.17, 15) is 4.79 Å². The zero-order chi connectivity index (χ0) is 10.8. The Balaban J connectivity index is 2.77. The van der Waals surface area contributed by atoms with E-state index >= 15 is 0 Å². The summed E-state index contributed by atoms with van der Waals surface area (Å²) in [7, 11) is 0. The largest absolute Gasteiger partial charge is 0.324 e. The van der Waals surface area contributed by atoms with Gasteiger partial charge in [0.1, 0.15) is 0 Å². The van der Waals surface area contributed by atoms with Crippen molar-refractivity contribution in [2.75, 3.05) is 6.54 Å². The molecule has 0 atom stereocenters. The van der Waals surface area contributed by atoms with Crippen molar-refractivity contribution in [3.8, 4) is 0 Å². The van der Waals surface area contributed by atoms with Crippen molar-refractivity contribution in [2.45, 2.75) is 0 Å². The Morgan fingerprint density at radius 3 is 2.93 bits per heavy atom. The fourth-order valence-corrected chi connectivity index (χ4v) is 1.69. The number of pyridine rings is 1. The van der Waals surface area contributed by atoms with Crippen molar-refractivity contribution in [1.29, 1.82) is 0 Å². The van der Waals surface area contributed by atoms with E-state index in [1.807, 2.05) is 6.07 Å². The number of halogens is 1. The van der Waals surface area contributed by atoms with Gasteiger partial charge in [0.05, 0.1) is 17.1 Å². The summed E-state index contributed by atoms with van der Waals surface area (Å²) >= 11 is 5.99. The van der Waals surface area contributed by atoms with Crippen LogP contribution in [-0.2, 0) is 0 Å². The van der Waals surface area contributed by atoms with Crippen LogP contribution in [0.1, 0.15) is 10.4 Å². The van der Waals surface area contributed by atoms with Gasteiger partial charge in [-0.25, -0.2) is 0 Å². The van der Waals surface area contributed by atoms with Crippen LogP contribution in [-0.4, -0.2) is 17.3 Å². The summed E-state index contributed by atoms with van der Waals surface area (Å²) in [5, 5.41) is 1.37. The lowest BCUT2D eigenvalue weighted by atomic mass is 10.1. The summed E-state index contributed by atoms with van der Waals surface area (Å²) in [4.78, 5) is 15.7. The Morgan fingerprint density at radius 1 is 1.40 bits per heavy atom. The van der Waals surface area contributed by atoms with Crippen LogP contribution in [0.25, 0.3) is 10.9 Å². The van der Waals surface area contributed by atoms with E-state index in [2.05, 4.69) is 4.98 Å². The van der Waals surface area contributed by atoms with Gasteiger partial charge >= 0.3 is 0 Å². The van der Waals surface area contributed by atoms with Gasteiger partial charge in [-0.2, -0.15) is 0 Å². The molecule has 2 N–H and O–H groups in total. The van der Waals surface area contributed by atoms with Crippen LogP contribution in [0, 0.1) is 0 Å². The lowest BCUT2D eigenvalue weighted by Gasteiger charge is -2.04. The number of carbonyl (C=O) groups is 1. The molecule has 3 nitrogen and oxygen atoms in total. The maximum atomic E-state index is 11.5. The number of hydrogen-bond acceptors (Lipinski definition) is 3. The van der Waals surface area contributed by atoms with E-state index in [1.54, 1.807) is 24.4 Å². The SMILES string of the molecule is NCC(=O)c1ccc(Cl)c2cccnc12. The molecule has 0 unspecified atom stereocenters. The normalized spacial score (nSPS) is 10.5. The van der Waals surface area contributed by atoms with Crippen LogP contribution in [0.15, 0.2) is 30.5 Å². The summed E-state index contributed by atoms with van der Waals surface area (Å²) in [6.07, 6.45) is 1.63. The minimum absolute atomic E-state index is 0.0205. The maximum Gasteiger partial charge on any atom is 0.178 e. The van der Waals surface area contributed by atoms with Crippen LogP contribution in [0.3, 0.4) is 0 Å². The first-order valence-corrected chi connectivity index (χ1v) is 4.88. The number of fused-ring (bicyclic) bond motifs is 1. The van der Waals surface area contributed by atoms with Crippen molar-refractivity contribution < 1.29 is 4.79 Å². The van der Waals surface area contributed by atoms with Crippen LogP contribution in [0.5, 0.6) is 0 Å². The van der Waals surface area contributed by atoms with Crippen LogP contribution in [0.4, 0.5) is 0 Å². The highest BCUT2D eigenvalue weighted by atomic mass is 35.5. The fourth-order valence-electron chi connectivity index (χ4n) is 1.47. The average Bonchev–Trinajstić information content (AvgIpc) is 2.29. The van der Waals surface area contributed by atoms with E-state index in [4.69, 9.17) is 17.3 Å². The van der Waals surface area contributed by atoms with E-state index in [1.165, 1.54) is 0 Å². The molecular weight excluding hydrogens is 212 g/mol. The van der Waals surface area contributed by atoms with E-state index in [-0.39, 0.29) is 12.3 Å². The second-order valence-electron chi connectivity index (χ2n) is 3.12. The molecule has 1 aromatic carbocycles. The molecule has 1 aromatic heterocycles. The number of aromatic nitrogens is 1. The van der Waals surface area contributed by atoms with Crippen LogP contribution in [0.2, 0.25) is 5.02 Å². The number of hydrogen-bond donors (Lipinski definition) is 1. The lowest BCUT2D eigenvalue weighted by molar-refractivity contribution is 0.100. The fraction of sp³-hybridized carbons (Fsp3) is 0.0909. The van der Waals surface area contributed by atoms with Gasteiger partial charge in [0.25, 0.3) is 0 Å². The molecule has 0 aliphatic carbocycles. The third kappa shape index (κ3) is 1.71. The summed E-state index contributed by atoms with van der Waals surface area (Å²) in [5.41, 5.74) is 6.46. The molecule has 76 valence electrons.